The van der Waals surface area contributed by atoms with Crippen molar-refractivity contribution in [3.63, 3.8) is 0 Å². The molecule has 1 aliphatic heterocycles. The first-order valence-corrected chi connectivity index (χ1v) is 6.98. The molecule has 16 heavy (non-hydrogen) atoms. The molecule has 4 heteroatoms. The molecule has 1 fully saturated rings. The van der Waals surface area contributed by atoms with Crippen molar-refractivity contribution in [1.82, 2.24) is 9.78 Å². The van der Waals surface area contributed by atoms with E-state index in [2.05, 4.69) is 18.9 Å². The molecular weight excluding hydrogens is 220 g/mol. The molecule has 2 unspecified atom stereocenters. The fourth-order valence-corrected chi connectivity index (χ4v) is 3.58. The smallest absolute Gasteiger partial charge is 0.0964 e. The maximum atomic E-state index is 10.4. The van der Waals surface area contributed by atoms with Crippen LogP contribution in [0.5, 0.6) is 0 Å². The lowest BCUT2D eigenvalue weighted by Gasteiger charge is -2.28. The van der Waals surface area contributed by atoms with Gasteiger partial charge in [0.1, 0.15) is 0 Å². The Hall–Kier alpha value is -0.480. The lowest BCUT2D eigenvalue weighted by atomic mass is 9.95. The second kappa shape index (κ2) is 4.80. The summed E-state index contributed by atoms with van der Waals surface area (Å²) in [4.78, 5) is 0. The second-order valence-corrected chi connectivity index (χ2v) is 6.33. The third-order valence-electron chi connectivity index (χ3n) is 3.25. The van der Waals surface area contributed by atoms with E-state index >= 15 is 0 Å². The molecule has 1 aromatic heterocycles. The first-order valence-electron chi connectivity index (χ1n) is 6.00. The SMILES string of the molecule is CCCn1cc(C(O)C2(C)CCCS2)cn1. The molecule has 2 rings (SSSR count). The van der Waals surface area contributed by atoms with Gasteiger partial charge in [-0.1, -0.05) is 6.92 Å². The van der Waals surface area contributed by atoms with Crippen molar-refractivity contribution in [2.24, 2.45) is 0 Å². The Labute approximate surface area is 101 Å². The summed E-state index contributed by atoms with van der Waals surface area (Å²) in [5.41, 5.74) is 0.963. The summed E-state index contributed by atoms with van der Waals surface area (Å²) < 4.78 is 1.90. The summed E-state index contributed by atoms with van der Waals surface area (Å²) >= 11 is 1.88. The van der Waals surface area contributed by atoms with E-state index in [-0.39, 0.29) is 10.9 Å². The van der Waals surface area contributed by atoms with Gasteiger partial charge in [-0.2, -0.15) is 16.9 Å². The maximum Gasteiger partial charge on any atom is 0.0964 e. The number of aryl methyl sites for hydroxylation is 1. The zero-order valence-electron chi connectivity index (χ0n) is 10.0. The molecule has 1 N–H and O–H groups in total. The molecule has 2 atom stereocenters. The molecule has 0 aromatic carbocycles. The van der Waals surface area contributed by atoms with Crippen molar-refractivity contribution in [3.8, 4) is 0 Å². The van der Waals surface area contributed by atoms with E-state index in [4.69, 9.17) is 0 Å². The summed E-state index contributed by atoms with van der Waals surface area (Å²) in [6, 6.07) is 0. The fraction of sp³-hybridized carbons (Fsp3) is 0.750. The summed E-state index contributed by atoms with van der Waals surface area (Å²) in [7, 11) is 0. The van der Waals surface area contributed by atoms with E-state index in [0.29, 0.717) is 0 Å². The summed E-state index contributed by atoms with van der Waals surface area (Å²) in [5.74, 6) is 1.16. The van der Waals surface area contributed by atoms with Crippen molar-refractivity contribution in [1.29, 1.82) is 0 Å². The first kappa shape index (κ1) is 12.0. The van der Waals surface area contributed by atoms with Crippen LogP contribution in [0, 0.1) is 0 Å². The Morgan fingerprint density at radius 2 is 2.50 bits per heavy atom. The average Bonchev–Trinajstić information content (AvgIpc) is 2.88. The highest BCUT2D eigenvalue weighted by molar-refractivity contribution is 8.00. The van der Waals surface area contributed by atoms with Gasteiger partial charge >= 0.3 is 0 Å². The lowest BCUT2D eigenvalue weighted by Crippen LogP contribution is -2.25. The standard InChI is InChI=1S/C12H20N2OS/c1-3-6-14-9-10(8-13-14)11(15)12(2)5-4-7-16-12/h8-9,11,15H,3-7H2,1-2H3. The van der Waals surface area contributed by atoms with Gasteiger partial charge in [0.25, 0.3) is 0 Å². The number of nitrogens with zero attached hydrogens (tertiary/aromatic N) is 2. The number of thioether (sulfide) groups is 1. The van der Waals surface area contributed by atoms with Gasteiger partial charge in [0.15, 0.2) is 0 Å². The van der Waals surface area contributed by atoms with Crippen LogP contribution in [0.2, 0.25) is 0 Å². The summed E-state index contributed by atoms with van der Waals surface area (Å²) in [6.07, 6.45) is 6.79. The average molecular weight is 240 g/mol. The minimum atomic E-state index is -0.384. The zero-order valence-corrected chi connectivity index (χ0v) is 10.8. The van der Waals surface area contributed by atoms with E-state index in [1.165, 1.54) is 6.42 Å². The van der Waals surface area contributed by atoms with Crippen LogP contribution in [0.1, 0.15) is 44.8 Å². The van der Waals surface area contributed by atoms with Crippen LogP contribution in [-0.4, -0.2) is 25.4 Å². The van der Waals surface area contributed by atoms with E-state index in [1.54, 1.807) is 0 Å². The number of aliphatic hydroxyl groups is 1. The predicted octanol–water partition coefficient (Wildman–Crippen LogP) is 2.61. The third kappa shape index (κ3) is 2.28. The van der Waals surface area contributed by atoms with Gasteiger partial charge in [0.2, 0.25) is 0 Å². The Morgan fingerprint density at radius 1 is 1.69 bits per heavy atom. The van der Waals surface area contributed by atoms with E-state index in [9.17, 15) is 5.11 Å². The van der Waals surface area contributed by atoms with Crippen LogP contribution in [0.4, 0.5) is 0 Å². The molecule has 0 amide bonds. The normalized spacial score (nSPS) is 27.2. The summed E-state index contributed by atoms with van der Waals surface area (Å²) in [6.45, 7) is 5.22. The van der Waals surface area contributed by atoms with Crippen molar-refractivity contribution < 1.29 is 5.11 Å². The molecule has 0 saturated carbocycles. The molecular formula is C12H20N2OS. The Morgan fingerprint density at radius 3 is 3.12 bits per heavy atom. The zero-order chi connectivity index (χ0) is 11.6. The third-order valence-corrected chi connectivity index (χ3v) is 4.83. The molecule has 1 aliphatic rings. The minimum Gasteiger partial charge on any atom is -0.387 e. The van der Waals surface area contributed by atoms with Gasteiger partial charge in [-0.25, -0.2) is 0 Å². The van der Waals surface area contributed by atoms with Gasteiger partial charge in [0, 0.05) is 23.1 Å². The minimum absolute atomic E-state index is 0.0138. The van der Waals surface area contributed by atoms with Crippen molar-refractivity contribution in [2.75, 3.05) is 5.75 Å². The Kier molecular flexibility index (Phi) is 3.60. The van der Waals surface area contributed by atoms with Crippen LogP contribution in [-0.2, 0) is 6.54 Å². The van der Waals surface area contributed by atoms with Gasteiger partial charge in [-0.05, 0) is 31.9 Å². The molecule has 1 aromatic rings. The van der Waals surface area contributed by atoms with Gasteiger partial charge < -0.3 is 5.11 Å². The molecule has 0 bridgehead atoms. The largest absolute Gasteiger partial charge is 0.387 e. The highest BCUT2D eigenvalue weighted by Gasteiger charge is 2.38. The van der Waals surface area contributed by atoms with Crippen LogP contribution in [0.15, 0.2) is 12.4 Å². The number of aromatic nitrogens is 2. The topological polar surface area (TPSA) is 38.0 Å². The number of hydrogen-bond acceptors (Lipinski definition) is 3. The van der Waals surface area contributed by atoms with E-state index < -0.39 is 0 Å². The van der Waals surface area contributed by atoms with Gasteiger partial charge in [0.05, 0.1) is 12.3 Å². The molecule has 0 spiro atoms. The Bertz CT molecular complexity index is 345. The lowest BCUT2D eigenvalue weighted by molar-refractivity contribution is 0.135. The Balaban J connectivity index is 2.10. The van der Waals surface area contributed by atoms with Crippen molar-refractivity contribution in [3.05, 3.63) is 18.0 Å². The monoisotopic (exact) mass is 240 g/mol. The molecule has 3 nitrogen and oxygen atoms in total. The molecule has 1 saturated heterocycles. The second-order valence-electron chi connectivity index (χ2n) is 4.70. The number of rotatable bonds is 4. The molecule has 0 aliphatic carbocycles. The quantitative estimate of drug-likeness (QED) is 0.879. The number of hydrogen-bond donors (Lipinski definition) is 1. The predicted molar refractivity (Wildman–Crippen MR) is 67.6 cm³/mol. The molecule has 90 valence electrons. The maximum absolute atomic E-state index is 10.4. The number of aliphatic hydroxyl groups excluding tert-OH is 1. The van der Waals surface area contributed by atoms with Crippen molar-refractivity contribution >= 4 is 11.8 Å². The highest BCUT2D eigenvalue weighted by atomic mass is 32.2. The molecule has 2 heterocycles. The summed E-state index contributed by atoms with van der Waals surface area (Å²) in [5, 5.41) is 14.7. The highest BCUT2D eigenvalue weighted by Crippen LogP contribution is 2.46. The van der Waals surface area contributed by atoms with Crippen LogP contribution < -0.4 is 0 Å². The van der Waals surface area contributed by atoms with E-state index in [0.717, 1.165) is 30.7 Å². The van der Waals surface area contributed by atoms with Gasteiger partial charge in [-0.3, -0.25) is 4.68 Å². The van der Waals surface area contributed by atoms with Crippen LogP contribution >= 0.6 is 11.8 Å². The first-order chi connectivity index (χ1) is 7.65. The van der Waals surface area contributed by atoms with Crippen molar-refractivity contribution in [2.45, 2.75) is 50.5 Å². The van der Waals surface area contributed by atoms with Crippen LogP contribution in [0.25, 0.3) is 0 Å². The van der Waals surface area contributed by atoms with E-state index in [1.807, 2.05) is 28.8 Å². The van der Waals surface area contributed by atoms with Crippen LogP contribution in [0.3, 0.4) is 0 Å². The fourth-order valence-electron chi connectivity index (χ4n) is 2.24. The molecule has 0 radical (unpaired) electrons. The van der Waals surface area contributed by atoms with Gasteiger partial charge in [-0.15, -0.1) is 0 Å².